The van der Waals surface area contributed by atoms with Crippen molar-refractivity contribution in [2.45, 2.75) is 19.5 Å². The molecule has 0 bridgehead atoms. The number of pyridine rings is 1. The second kappa shape index (κ2) is 5.07. The Hall–Kier alpha value is -2.06. The third-order valence-electron chi connectivity index (χ3n) is 1.84. The summed E-state index contributed by atoms with van der Waals surface area (Å²) in [6, 6.07) is 0.619. The first-order valence-corrected chi connectivity index (χ1v) is 4.51. The number of carboxylic acids is 1. The van der Waals surface area contributed by atoms with Gasteiger partial charge in [-0.25, -0.2) is 4.39 Å². The maximum atomic E-state index is 12.5. The van der Waals surface area contributed by atoms with Crippen LogP contribution in [0.4, 0.5) is 17.6 Å². The van der Waals surface area contributed by atoms with Gasteiger partial charge in [0.2, 0.25) is 5.56 Å². The molecule has 9 heteroatoms. The van der Waals surface area contributed by atoms with Crippen LogP contribution in [0.2, 0.25) is 0 Å². The molecule has 18 heavy (non-hydrogen) atoms. The Morgan fingerprint density at radius 1 is 1.44 bits per heavy atom. The molecule has 5 nitrogen and oxygen atoms in total. The van der Waals surface area contributed by atoms with Gasteiger partial charge in [0.05, 0.1) is 12.1 Å². The van der Waals surface area contributed by atoms with Gasteiger partial charge in [0.25, 0.3) is 0 Å². The molecule has 1 aromatic rings. The Labute approximate surface area is 97.0 Å². The molecule has 0 aliphatic carbocycles. The Bertz CT molecular complexity index is 508. The zero-order valence-corrected chi connectivity index (χ0v) is 8.68. The van der Waals surface area contributed by atoms with Crippen LogP contribution in [0.25, 0.3) is 0 Å². The lowest BCUT2D eigenvalue weighted by Gasteiger charge is -2.14. The molecule has 1 heterocycles. The molecule has 0 spiro atoms. The lowest BCUT2D eigenvalue weighted by molar-refractivity contribution is -0.275. The molecule has 0 saturated heterocycles. The van der Waals surface area contributed by atoms with Crippen LogP contribution in [-0.4, -0.2) is 22.4 Å². The van der Waals surface area contributed by atoms with E-state index in [2.05, 4.69) is 4.74 Å². The largest absolute Gasteiger partial charge is 0.573 e. The third kappa shape index (κ3) is 3.75. The van der Waals surface area contributed by atoms with Crippen LogP contribution in [0.15, 0.2) is 10.9 Å². The minimum absolute atomic E-state index is 0.545. The topological polar surface area (TPSA) is 79.4 Å². The van der Waals surface area contributed by atoms with Crippen LogP contribution in [0.3, 0.4) is 0 Å². The highest BCUT2D eigenvalue weighted by Gasteiger charge is 2.34. The van der Waals surface area contributed by atoms with Gasteiger partial charge in [-0.1, -0.05) is 0 Å². The van der Waals surface area contributed by atoms with Crippen molar-refractivity contribution in [1.82, 2.24) is 4.98 Å². The molecule has 0 amide bonds. The van der Waals surface area contributed by atoms with Crippen LogP contribution < -0.4 is 10.3 Å². The molecule has 100 valence electrons. The Kier molecular flexibility index (Phi) is 3.94. The van der Waals surface area contributed by atoms with E-state index >= 15 is 0 Å². The maximum absolute atomic E-state index is 12.5. The normalized spacial score (nSPS) is 11.3. The fraction of sp³-hybridized carbons (Fsp3) is 0.333. The molecule has 0 atom stereocenters. The molecule has 0 aliphatic heterocycles. The van der Waals surface area contributed by atoms with Gasteiger partial charge >= 0.3 is 12.3 Å². The van der Waals surface area contributed by atoms with Gasteiger partial charge in [0.15, 0.2) is 5.75 Å². The molecule has 0 aromatic carbocycles. The number of ether oxygens (including phenoxy) is 1. The monoisotopic (exact) mass is 269 g/mol. The highest BCUT2D eigenvalue weighted by atomic mass is 19.4. The number of aliphatic carboxylic acids is 1. The number of alkyl halides is 4. The Morgan fingerprint density at radius 3 is 2.50 bits per heavy atom. The van der Waals surface area contributed by atoms with E-state index in [1.54, 1.807) is 0 Å². The number of carbonyl (C=O) groups is 1. The lowest BCUT2D eigenvalue weighted by atomic mass is 10.1. The summed E-state index contributed by atoms with van der Waals surface area (Å²) in [6.45, 7) is -1.42. The summed E-state index contributed by atoms with van der Waals surface area (Å²) in [6.07, 6.45) is -6.00. The highest BCUT2D eigenvalue weighted by molar-refractivity contribution is 5.71. The first kappa shape index (κ1) is 14.0. The van der Waals surface area contributed by atoms with Gasteiger partial charge in [-0.15, -0.1) is 13.2 Å². The van der Waals surface area contributed by atoms with Gasteiger partial charge in [-0.05, 0) is 0 Å². The smallest absolute Gasteiger partial charge is 0.481 e. The van der Waals surface area contributed by atoms with E-state index in [0.29, 0.717) is 6.07 Å². The van der Waals surface area contributed by atoms with E-state index in [9.17, 15) is 27.2 Å². The number of aromatic nitrogens is 1. The van der Waals surface area contributed by atoms with E-state index in [0.717, 1.165) is 0 Å². The van der Waals surface area contributed by atoms with Gasteiger partial charge in [0.1, 0.15) is 6.67 Å². The quantitative estimate of drug-likeness (QED) is 0.809. The Morgan fingerprint density at radius 2 is 2.06 bits per heavy atom. The van der Waals surface area contributed by atoms with Crippen molar-refractivity contribution in [2.24, 2.45) is 0 Å². The zero-order chi connectivity index (χ0) is 13.9. The molecular formula is C9H7F4NO4. The van der Waals surface area contributed by atoms with Gasteiger partial charge in [-0.2, -0.15) is 0 Å². The van der Waals surface area contributed by atoms with E-state index in [4.69, 9.17) is 5.11 Å². The summed E-state index contributed by atoms with van der Waals surface area (Å²) in [5.74, 6) is -2.50. The van der Waals surface area contributed by atoms with E-state index in [-0.39, 0.29) is 0 Å². The highest BCUT2D eigenvalue weighted by Crippen LogP contribution is 2.29. The number of rotatable bonds is 4. The van der Waals surface area contributed by atoms with Crippen LogP contribution in [0, 0.1) is 0 Å². The number of halogens is 4. The number of aromatic amines is 1. The molecule has 0 fully saturated rings. The van der Waals surface area contributed by atoms with Crippen molar-refractivity contribution in [2.75, 3.05) is 0 Å². The summed E-state index contributed by atoms with van der Waals surface area (Å²) in [5.41, 5.74) is -2.21. The number of carboxylic acid groups (broad SMARTS) is 1. The molecule has 0 saturated carbocycles. The summed E-state index contributed by atoms with van der Waals surface area (Å²) < 4.78 is 52.3. The second-order valence-electron chi connectivity index (χ2n) is 3.22. The molecule has 1 rings (SSSR count). The zero-order valence-electron chi connectivity index (χ0n) is 8.68. The summed E-state index contributed by atoms with van der Waals surface area (Å²) in [4.78, 5) is 23.3. The van der Waals surface area contributed by atoms with Gasteiger partial charge in [0, 0.05) is 11.6 Å². The van der Waals surface area contributed by atoms with E-state index < -0.39 is 48.0 Å². The fourth-order valence-electron chi connectivity index (χ4n) is 1.29. The summed E-state index contributed by atoms with van der Waals surface area (Å²) >= 11 is 0. The third-order valence-corrected chi connectivity index (χ3v) is 1.84. The average Bonchev–Trinajstić information content (AvgIpc) is 2.19. The minimum atomic E-state index is -5.12. The summed E-state index contributed by atoms with van der Waals surface area (Å²) in [7, 11) is 0. The number of hydrogen-bond acceptors (Lipinski definition) is 3. The maximum Gasteiger partial charge on any atom is 0.573 e. The number of hydrogen-bond donors (Lipinski definition) is 2. The predicted molar refractivity (Wildman–Crippen MR) is 49.9 cm³/mol. The van der Waals surface area contributed by atoms with Crippen molar-refractivity contribution < 1.29 is 32.2 Å². The Balaban J connectivity index is 3.32. The van der Waals surface area contributed by atoms with Crippen molar-refractivity contribution >= 4 is 5.97 Å². The van der Waals surface area contributed by atoms with E-state index in [1.807, 2.05) is 4.98 Å². The first-order chi connectivity index (χ1) is 8.23. The molecular weight excluding hydrogens is 262 g/mol. The van der Waals surface area contributed by atoms with Crippen molar-refractivity contribution in [3.05, 3.63) is 27.7 Å². The summed E-state index contributed by atoms with van der Waals surface area (Å²) in [5, 5.41) is 8.50. The average molecular weight is 269 g/mol. The molecule has 0 aliphatic rings. The van der Waals surface area contributed by atoms with Gasteiger partial charge in [-0.3, -0.25) is 9.59 Å². The van der Waals surface area contributed by atoms with Crippen molar-refractivity contribution in [1.29, 1.82) is 0 Å². The van der Waals surface area contributed by atoms with Gasteiger partial charge < -0.3 is 14.8 Å². The van der Waals surface area contributed by atoms with Crippen molar-refractivity contribution in [3.8, 4) is 5.75 Å². The number of nitrogens with one attached hydrogen (secondary N) is 1. The van der Waals surface area contributed by atoms with Crippen LogP contribution in [0.5, 0.6) is 5.75 Å². The molecule has 0 radical (unpaired) electrons. The lowest BCUT2D eigenvalue weighted by Crippen LogP contribution is -2.22. The predicted octanol–water partition coefficient (Wildman–Crippen LogP) is 1.37. The van der Waals surface area contributed by atoms with E-state index in [1.165, 1.54) is 0 Å². The SMILES string of the molecule is O=C(O)Cc1cc(=O)[nH]c(CF)c1OC(F)(F)F. The van der Waals surface area contributed by atoms with Crippen molar-refractivity contribution in [3.63, 3.8) is 0 Å². The molecule has 2 N–H and O–H groups in total. The second-order valence-corrected chi connectivity index (χ2v) is 3.22. The standard InChI is InChI=1S/C9H7F4NO4/c10-3-5-8(18-9(11,12)13)4(2-7(16)17)1-6(15)14-5/h1H,2-3H2,(H,14,15)(H,16,17). The fourth-order valence-corrected chi connectivity index (χ4v) is 1.29. The first-order valence-electron chi connectivity index (χ1n) is 4.51. The van der Waals surface area contributed by atoms with Crippen LogP contribution in [0.1, 0.15) is 11.3 Å². The molecule has 1 aromatic heterocycles. The molecule has 0 unspecified atom stereocenters. The van der Waals surface area contributed by atoms with Crippen LogP contribution >= 0.6 is 0 Å². The number of H-pyrrole nitrogens is 1. The minimum Gasteiger partial charge on any atom is -0.481 e. The van der Waals surface area contributed by atoms with Crippen LogP contribution in [-0.2, 0) is 17.9 Å².